The Kier molecular flexibility index (Phi) is 2.72. The van der Waals surface area contributed by atoms with Gasteiger partial charge >= 0.3 is 0 Å². The summed E-state index contributed by atoms with van der Waals surface area (Å²) in [5, 5.41) is 9.63. The van der Waals surface area contributed by atoms with Crippen LogP contribution in [0.25, 0.3) is 0 Å². The maximum atomic E-state index is 9.63. The van der Waals surface area contributed by atoms with Crippen molar-refractivity contribution in [3.05, 3.63) is 11.6 Å². The van der Waals surface area contributed by atoms with Crippen LogP contribution in [0.3, 0.4) is 0 Å². The highest BCUT2D eigenvalue weighted by Gasteiger charge is 2.23. The Morgan fingerprint density at radius 3 is 2.64 bits per heavy atom. The number of aliphatic hydroxyl groups is 1. The summed E-state index contributed by atoms with van der Waals surface area (Å²) < 4.78 is 0. The topological polar surface area (TPSA) is 20.2 Å². The molecule has 1 N–H and O–H groups in total. The Morgan fingerprint density at radius 1 is 1.55 bits per heavy atom. The molecule has 0 bridgehead atoms. The molecule has 0 aromatic rings. The molecule has 0 aromatic heterocycles. The van der Waals surface area contributed by atoms with Gasteiger partial charge < -0.3 is 5.11 Å². The lowest BCUT2D eigenvalue weighted by Crippen LogP contribution is -2.26. The predicted octanol–water partition coefficient (Wildman–Crippen LogP) is 2.36. The molecule has 1 heteroatoms. The van der Waals surface area contributed by atoms with E-state index in [1.807, 2.05) is 6.08 Å². The Labute approximate surface area is 69.1 Å². The van der Waals surface area contributed by atoms with Crippen LogP contribution in [0.4, 0.5) is 0 Å². The van der Waals surface area contributed by atoms with E-state index in [4.69, 9.17) is 0 Å². The molecule has 0 amide bonds. The molecule has 0 fully saturated rings. The summed E-state index contributed by atoms with van der Waals surface area (Å²) in [6.45, 7) is 6.46. The molecule has 1 nitrogen and oxygen atoms in total. The van der Waals surface area contributed by atoms with Crippen LogP contribution in [0.1, 0.15) is 33.6 Å². The fraction of sp³-hybridized carbons (Fsp3) is 0.800. The fourth-order valence-electron chi connectivity index (χ4n) is 1.79. The van der Waals surface area contributed by atoms with E-state index in [9.17, 15) is 5.11 Å². The number of hydrogen-bond donors (Lipinski definition) is 1. The minimum Gasteiger partial charge on any atom is -0.389 e. The van der Waals surface area contributed by atoms with Crippen molar-refractivity contribution in [2.75, 3.05) is 0 Å². The van der Waals surface area contributed by atoms with Crippen molar-refractivity contribution in [1.29, 1.82) is 0 Å². The van der Waals surface area contributed by atoms with E-state index in [1.165, 1.54) is 12.0 Å². The van der Waals surface area contributed by atoms with Crippen molar-refractivity contribution in [2.24, 2.45) is 11.8 Å². The van der Waals surface area contributed by atoms with Crippen LogP contribution in [0, 0.1) is 11.8 Å². The van der Waals surface area contributed by atoms with E-state index < -0.39 is 0 Å². The number of rotatable bonds is 1. The SMILES string of the molecule is CC1=CC(O)C(C(C)C)CC1. The molecule has 1 rings (SSSR count). The summed E-state index contributed by atoms with van der Waals surface area (Å²) in [4.78, 5) is 0. The summed E-state index contributed by atoms with van der Waals surface area (Å²) in [5.41, 5.74) is 1.34. The normalized spacial score (nSPS) is 32.3. The van der Waals surface area contributed by atoms with Gasteiger partial charge in [0, 0.05) is 0 Å². The van der Waals surface area contributed by atoms with Gasteiger partial charge in [-0.15, -0.1) is 0 Å². The smallest absolute Gasteiger partial charge is 0.0754 e. The van der Waals surface area contributed by atoms with Crippen LogP contribution in [0.5, 0.6) is 0 Å². The summed E-state index contributed by atoms with van der Waals surface area (Å²) in [6.07, 6.45) is 4.14. The average molecular weight is 154 g/mol. The third-order valence-electron chi connectivity index (χ3n) is 2.62. The second kappa shape index (κ2) is 3.40. The first-order chi connectivity index (χ1) is 5.11. The van der Waals surface area contributed by atoms with Crippen molar-refractivity contribution in [1.82, 2.24) is 0 Å². The molecule has 0 spiro atoms. The third-order valence-corrected chi connectivity index (χ3v) is 2.62. The molecule has 1 aliphatic rings. The van der Waals surface area contributed by atoms with Gasteiger partial charge in [-0.1, -0.05) is 25.5 Å². The van der Waals surface area contributed by atoms with E-state index in [0.29, 0.717) is 11.8 Å². The van der Waals surface area contributed by atoms with E-state index in [0.717, 1.165) is 6.42 Å². The van der Waals surface area contributed by atoms with Gasteiger partial charge in [-0.3, -0.25) is 0 Å². The van der Waals surface area contributed by atoms with Gasteiger partial charge in [0.05, 0.1) is 6.10 Å². The molecular formula is C10H18O. The first-order valence-corrected chi connectivity index (χ1v) is 4.46. The zero-order valence-electron chi connectivity index (χ0n) is 7.67. The molecule has 0 aliphatic heterocycles. The first-order valence-electron chi connectivity index (χ1n) is 4.46. The summed E-state index contributed by atoms with van der Waals surface area (Å²) >= 11 is 0. The maximum Gasteiger partial charge on any atom is 0.0754 e. The summed E-state index contributed by atoms with van der Waals surface area (Å²) in [6, 6.07) is 0. The molecule has 1 aliphatic carbocycles. The van der Waals surface area contributed by atoms with Crippen LogP contribution in [0.2, 0.25) is 0 Å². The average Bonchev–Trinajstić information content (AvgIpc) is 1.85. The zero-order chi connectivity index (χ0) is 8.43. The van der Waals surface area contributed by atoms with Gasteiger partial charge in [0.25, 0.3) is 0 Å². The highest BCUT2D eigenvalue weighted by atomic mass is 16.3. The van der Waals surface area contributed by atoms with Crippen LogP contribution < -0.4 is 0 Å². The van der Waals surface area contributed by atoms with E-state index in [1.54, 1.807) is 0 Å². The molecule has 0 saturated heterocycles. The van der Waals surface area contributed by atoms with Crippen molar-refractivity contribution in [3.63, 3.8) is 0 Å². The molecule has 2 unspecified atom stereocenters. The Hall–Kier alpha value is -0.300. The molecule has 0 heterocycles. The van der Waals surface area contributed by atoms with E-state index in [2.05, 4.69) is 20.8 Å². The van der Waals surface area contributed by atoms with Crippen molar-refractivity contribution < 1.29 is 5.11 Å². The van der Waals surface area contributed by atoms with E-state index in [-0.39, 0.29) is 6.10 Å². The molecule has 0 saturated carbocycles. The van der Waals surface area contributed by atoms with Gasteiger partial charge in [-0.25, -0.2) is 0 Å². The van der Waals surface area contributed by atoms with Crippen LogP contribution in [0.15, 0.2) is 11.6 Å². The minimum absolute atomic E-state index is 0.191. The second-order valence-electron chi connectivity index (χ2n) is 3.95. The highest BCUT2D eigenvalue weighted by Crippen LogP contribution is 2.28. The van der Waals surface area contributed by atoms with Gasteiger partial charge in [-0.05, 0) is 31.6 Å². The molecule has 0 radical (unpaired) electrons. The number of aliphatic hydroxyl groups excluding tert-OH is 1. The Bertz CT molecular complexity index is 158. The van der Waals surface area contributed by atoms with Crippen LogP contribution >= 0.6 is 0 Å². The first kappa shape index (κ1) is 8.79. The minimum atomic E-state index is -0.191. The Morgan fingerprint density at radius 2 is 2.18 bits per heavy atom. The maximum absolute atomic E-state index is 9.63. The predicted molar refractivity (Wildman–Crippen MR) is 47.3 cm³/mol. The standard InChI is InChI=1S/C10H18O/c1-7(2)9-5-4-8(3)6-10(9)11/h6-7,9-11H,4-5H2,1-3H3. The lowest BCUT2D eigenvalue weighted by Gasteiger charge is -2.28. The van der Waals surface area contributed by atoms with Crippen LogP contribution in [-0.2, 0) is 0 Å². The van der Waals surface area contributed by atoms with E-state index >= 15 is 0 Å². The van der Waals surface area contributed by atoms with Gasteiger partial charge in [0.2, 0.25) is 0 Å². The van der Waals surface area contributed by atoms with Crippen molar-refractivity contribution in [2.45, 2.75) is 39.7 Å². The van der Waals surface area contributed by atoms with Gasteiger partial charge in [0.1, 0.15) is 0 Å². The van der Waals surface area contributed by atoms with Crippen molar-refractivity contribution in [3.8, 4) is 0 Å². The lowest BCUT2D eigenvalue weighted by atomic mass is 9.81. The largest absolute Gasteiger partial charge is 0.389 e. The summed E-state index contributed by atoms with van der Waals surface area (Å²) in [5.74, 6) is 1.09. The molecular weight excluding hydrogens is 136 g/mol. The molecule has 0 aromatic carbocycles. The molecule has 2 atom stereocenters. The van der Waals surface area contributed by atoms with Crippen LogP contribution in [-0.4, -0.2) is 11.2 Å². The third kappa shape index (κ3) is 2.06. The molecule has 64 valence electrons. The number of allylic oxidation sites excluding steroid dienone is 1. The quantitative estimate of drug-likeness (QED) is 0.575. The number of hydrogen-bond acceptors (Lipinski definition) is 1. The van der Waals surface area contributed by atoms with Gasteiger partial charge in [-0.2, -0.15) is 0 Å². The highest BCUT2D eigenvalue weighted by molar-refractivity contribution is 5.08. The van der Waals surface area contributed by atoms with Crippen molar-refractivity contribution >= 4 is 0 Å². The second-order valence-corrected chi connectivity index (χ2v) is 3.95. The summed E-state index contributed by atoms with van der Waals surface area (Å²) in [7, 11) is 0. The Balaban J connectivity index is 2.60. The lowest BCUT2D eigenvalue weighted by molar-refractivity contribution is 0.108. The van der Waals surface area contributed by atoms with Gasteiger partial charge in [0.15, 0.2) is 0 Å². The molecule has 11 heavy (non-hydrogen) atoms. The zero-order valence-corrected chi connectivity index (χ0v) is 7.67. The fourth-order valence-corrected chi connectivity index (χ4v) is 1.79. The monoisotopic (exact) mass is 154 g/mol.